The summed E-state index contributed by atoms with van der Waals surface area (Å²) in [4.78, 5) is 20.8. The molecule has 0 atom stereocenters. The van der Waals surface area contributed by atoms with E-state index in [1.807, 2.05) is 30.3 Å². The molecule has 10 nitrogen and oxygen atoms in total. The van der Waals surface area contributed by atoms with Gasteiger partial charge in [0.05, 0.1) is 32.8 Å². The summed E-state index contributed by atoms with van der Waals surface area (Å²) >= 11 is 2.14. The summed E-state index contributed by atoms with van der Waals surface area (Å²) in [5.74, 6) is 1.09. The summed E-state index contributed by atoms with van der Waals surface area (Å²) in [7, 11) is 1.54. The summed E-state index contributed by atoms with van der Waals surface area (Å²) in [6.45, 7) is 0.354. The lowest BCUT2D eigenvalue weighted by Gasteiger charge is -2.14. The van der Waals surface area contributed by atoms with Gasteiger partial charge in [0.15, 0.2) is 11.5 Å². The van der Waals surface area contributed by atoms with Crippen molar-refractivity contribution < 1.29 is 19.3 Å². The Balaban J connectivity index is 1.52. The minimum Gasteiger partial charge on any atom is -0.493 e. The highest BCUT2D eigenvalue weighted by Crippen LogP contribution is 2.35. The fraction of sp³-hybridized carbons (Fsp3) is 0.0800. The number of rotatable bonds is 9. The number of fused-ring (bicyclic) bond motifs is 1. The van der Waals surface area contributed by atoms with Gasteiger partial charge in [-0.25, -0.2) is 0 Å². The third kappa shape index (κ3) is 5.51. The van der Waals surface area contributed by atoms with Gasteiger partial charge in [-0.1, -0.05) is 42.5 Å². The third-order valence-corrected chi connectivity index (χ3v) is 6.09. The number of nitro groups is 2. The zero-order valence-corrected chi connectivity index (χ0v) is 21.0. The van der Waals surface area contributed by atoms with Crippen molar-refractivity contribution >= 4 is 56.6 Å². The maximum Gasteiger partial charge on any atom is 0.301 e. The van der Waals surface area contributed by atoms with Gasteiger partial charge in [0.2, 0.25) is 0 Å². The van der Waals surface area contributed by atoms with E-state index in [0.717, 1.165) is 26.0 Å². The minimum absolute atomic E-state index is 0.0264. The molecule has 182 valence electrons. The van der Waals surface area contributed by atoms with Gasteiger partial charge < -0.3 is 9.47 Å². The van der Waals surface area contributed by atoms with Gasteiger partial charge in [0, 0.05) is 6.07 Å². The number of anilines is 1. The SMILES string of the molecule is COc1cc(/C=N\Nc2ccc([N+](=O)[O-])cc2[N+](=O)[O-])cc(I)c1OCc1cccc2ccccc12. The van der Waals surface area contributed by atoms with Gasteiger partial charge in [0.25, 0.3) is 5.69 Å². The first-order valence-corrected chi connectivity index (χ1v) is 11.6. The van der Waals surface area contributed by atoms with Crippen molar-refractivity contribution in [1.29, 1.82) is 0 Å². The molecule has 0 amide bonds. The van der Waals surface area contributed by atoms with E-state index in [0.29, 0.717) is 23.7 Å². The van der Waals surface area contributed by atoms with Crippen LogP contribution in [0.1, 0.15) is 11.1 Å². The molecular formula is C25H19IN4O6. The molecule has 0 aromatic heterocycles. The Hall–Kier alpha value is -4.26. The van der Waals surface area contributed by atoms with Crippen LogP contribution in [0.3, 0.4) is 0 Å². The maximum absolute atomic E-state index is 11.3. The number of ether oxygens (including phenoxy) is 2. The Morgan fingerprint density at radius 1 is 1.00 bits per heavy atom. The van der Waals surface area contributed by atoms with Crippen LogP contribution in [-0.4, -0.2) is 23.2 Å². The summed E-state index contributed by atoms with van der Waals surface area (Å²) < 4.78 is 12.4. The third-order valence-electron chi connectivity index (χ3n) is 5.29. The van der Waals surface area contributed by atoms with Crippen LogP contribution in [0.2, 0.25) is 0 Å². The Morgan fingerprint density at radius 2 is 1.78 bits per heavy atom. The van der Waals surface area contributed by atoms with Gasteiger partial charge in [-0.15, -0.1) is 0 Å². The quantitative estimate of drug-likeness (QED) is 0.104. The number of hydrogen-bond acceptors (Lipinski definition) is 8. The summed E-state index contributed by atoms with van der Waals surface area (Å²) in [6.07, 6.45) is 1.46. The number of hydrogen-bond donors (Lipinski definition) is 1. The van der Waals surface area contributed by atoms with E-state index in [9.17, 15) is 20.2 Å². The summed E-state index contributed by atoms with van der Waals surface area (Å²) in [5, 5.41) is 28.5. The first-order valence-electron chi connectivity index (χ1n) is 10.6. The molecule has 0 fully saturated rings. The van der Waals surface area contributed by atoms with E-state index >= 15 is 0 Å². The largest absolute Gasteiger partial charge is 0.493 e. The second kappa shape index (κ2) is 11.0. The molecule has 0 saturated carbocycles. The molecule has 0 aliphatic rings. The van der Waals surface area contributed by atoms with E-state index in [1.165, 1.54) is 25.5 Å². The van der Waals surface area contributed by atoms with Crippen molar-refractivity contribution in [3.63, 3.8) is 0 Å². The fourth-order valence-electron chi connectivity index (χ4n) is 3.58. The van der Waals surface area contributed by atoms with Crippen molar-refractivity contribution in [3.8, 4) is 11.5 Å². The van der Waals surface area contributed by atoms with Crippen molar-refractivity contribution in [2.45, 2.75) is 6.61 Å². The molecule has 0 unspecified atom stereocenters. The average Bonchev–Trinajstić information content (AvgIpc) is 2.87. The predicted molar refractivity (Wildman–Crippen MR) is 145 cm³/mol. The van der Waals surface area contributed by atoms with Crippen LogP contribution in [0, 0.1) is 23.8 Å². The van der Waals surface area contributed by atoms with E-state index in [4.69, 9.17) is 9.47 Å². The molecule has 0 heterocycles. The van der Waals surface area contributed by atoms with Crippen molar-refractivity contribution in [2.24, 2.45) is 5.10 Å². The number of hydrazone groups is 1. The maximum atomic E-state index is 11.3. The van der Waals surface area contributed by atoms with Crippen LogP contribution < -0.4 is 14.9 Å². The smallest absolute Gasteiger partial charge is 0.301 e. The first kappa shape index (κ1) is 24.9. The monoisotopic (exact) mass is 598 g/mol. The topological polar surface area (TPSA) is 129 Å². The molecule has 4 rings (SSSR count). The van der Waals surface area contributed by atoms with Gasteiger partial charge in [-0.2, -0.15) is 5.10 Å². The Bertz CT molecular complexity index is 1490. The molecule has 0 spiro atoms. The van der Waals surface area contributed by atoms with Crippen molar-refractivity contribution in [3.05, 3.63) is 108 Å². The molecule has 0 saturated heterocycles. The molecular weight excluding hydrogens is 579 g/mol. The molecule has 0 aliphatic heterocycles. The predicted octanol–water partition coefficient (Wildman–Crippen LogP) is 6.29. The number of methoxy groups -OCH3 is 1. The summed E-state index contributed by atoms with van der Waals surface area (Å²) in [5.41, 5.74) is 3.47. The number of nitro benzene ring substituents is 2. The molecule has 4 aromatic carbocycles. The lowest BCUT2D eigenvalue weighted by atomic mass is 10.1. The zero-order valence-electron chi connectivity index (χ0n) is 18.9. The highest BCUT2D eigenvalue weighted by Gasteiger charge is 2.19. The minimum atomic E-state index is -0.709. The van der Waals surface area contributed by atoms with E-state index in [-0.39, 0.29) is 11.4 Å². The molecule has 1 N–H and O–H groups in total. The average molecular weight is 598 g/mol. The zero-order chi connectivity index (χ0) is 25.7. The van der Waals surface area contributed by atoms with Gasteiger partial charge >= 0.3 is 5.69 Å². The standard InChI is InChI=1S/C25H19IN4O6/c1-35-24-12-16(14-27-28-22-10-9-19(29(31)32)13-23(22)30(33)34)11-21(26)25(24)36-15-18-7-4-6-17-5-2-3-8-20(17)18/h2-14,28H,15H2,1H3/b27-14-. The van der Waals surface area contributed by atoms with E-state index in [2.05, 4.69) is 51.3 Å². The van der Waals surface area contributed by atoms with Crippen LogP contribution in [0.4, 0.5) is 17.1 Å². The second-order valence-electron chi connectivity index (χ2n) is 7.55. The first-order chi connectivity index (χ1) is 17.4. The van der Waals surface area contributed by atoms with Crippen molar-refractivity contribution in [2.75, 3.05) is 12.5 Å². The Morgan fingerprint density at radius 3 is 2.53 bits per heavy atom. The second-order valence-corrected chi connectivity index (χ2v) is 8.71. The molecule has 36 heavy (non-hydrogen) atoms. The molecule has 0 bridgehead atoms. The van der Waals surface area contributed by atoms with E-state index < -0.39 is 15.5 Å². The highest BCUT2D eigenvalue weighted by atomic mass is 127. The number of nitrogens with zero attached hydrogens (tertiary/aromatic N) is 3. The van der Waals surface area contributed by atoms with Crippen LogP contribution >= 0.6 is 22.6 Å². The number of benzene rings is 4. The molecule has 11 heteroatoms. The Kier molecular flexibility index (Phi) is 7.59. The number of non-ortho nitro benzene ring substituents is 1. The lowest BCUT2D eigenvalue weighted by molar-refractivity contribution is -0.393. The number of halogens is 1. The molecule has 0 radical (unpaired) electrons. The normalized spacial score (nSPS) is 10.9. The fourth-order valence-corrected chi connectivity index (χ4v) is 4.36. The van der Waals surface area contributed by atoms with Gasteiger partial charge in [-0.3, -0.25) is 25.7 Å². The summed E-state index contributed by atoms with van der Waals surface area (Å²) in [6, 6.07) is 21.0. The van der Waals surface area contributed by atoms with Crippen LogP contribution in [0.15, 0.2) is 77.9 Å². The van der Waals surface area contributed by atoms with Gasteiger partial charge in [-0.05, 0) is 62.7 Å². The number of nitrogens with one attached hydrogen (secondary N) is 1. The lowest BCUT2D eigenvalue weighted by Crippen LogP contribution is -2.02. The Labute approximate surface area is 219 Å². The van der Waals surface area contributed by atoms with Crippen molar-refractivity contribution in [1.82, 2.24) is 0 Å². The van der Waals surface area contributed by atoms with E-state index in [1.54, 1.807) is 6.07 Å². The van der Waals surface area contributed by atoms with Crippen LogP contribution in [0.5, 0.6) is 11.5 Å². The molecule has 0 aliphatic carbocycles. The molecule has 4 aromatic rings. The van der Waals surface area contributed by atoms with Crippen LogP contribution in [-0.2, 0) is 6.61 Å². The van der Waals surface area contributed by atoms with Crippen LogP contribution in [0.25, 0.3) is 10.8 Å². The van der Waals surface area contributed by atoms with Gasteiger partial charge in [0.1, 0.15) is 12.3 Å². The highest BCUT2D eigenvalue weighted by molar-refractivity contribution is 14.1.